The van der Waals surface area contributed by atoms with Gasteiger partial charge in [-0.3, -0.25) is 4.90 Å². The van der Waals surface area contributed by atoms with Gasteiger partial charge in [0.25, 0.3) is 0 Å². The summed E-state index contributed by atoms with van der Waals surface area (Å²) in [6, 6.07) is 5.66. The highest BCUT2D eigenvalue weighted by atomic mass is 19.4. The van der Waals surface area contributed by atoms with Gasteiger partial charge in [-0.15, -0.1) is 0 Å². The average Bonchev–Trinajstić information content (AvgIpc) is 2.51. The molecule has 1 saturated heterocycles. The Kier molecular flexibility index (Phi) is 6.12. The molecular weight excluding hydrogens is 289 g/mol. The third-order valence-corrected chi connectivity index (χ3v) is 4.24. The van der Waals surface area contributed by atoms with Crippen LogP contribution in [0.4, 0.5) is 18.9 Å². The number of alkyl halides is 3. The Labute approximate surface area is 130 Å². The van der Waals surface area contributed by atoms with Gasteiger partial charge in [0.2, 0.25) is 0 Å². The summed E-state index contributed by atoms with van der Waals surface area (Å²) < 4.78 is 38.3. The molecule has 0 saturated carbocycles. The minimum atomic E-state index is -4.27. The van der Waals surface area contributed by atoms with E-state index in [4.69, 9.17) is 0 Å². The molecule has 1 aliphatic heterocycles. The van der Waals surface area contributed by atoms with Crippen LogP contribution in [0.15, 0.2) is 24.3 Å². The Morgan fingerprint density at radius 1 is 1.00 bits per heavy atom. The minimum Gasteiger partial charge on any atom is -0.369 e. The van der Waals surface area contributed by atoms with Gasteiger partial charge < -0.3 is 4.90 Å². The number of piperazine rings is 1. The van der Waals surface area contributed by atoms with Gasteiger partial charge in [-0.2, -0.15) is 13.2 Å². The zero-order chi connectivity index (χ0) is 16.0. The molecule has 1 fully saturated rings. The molecule has 1 aliphatic rings. The van der Waals surface area contributed by atoms with Crippen LogP contribution < -0.4 is 4.90 Å². The SMILES string of the molecule is CCCCCCN1CCN(c2cccc(C(F)(F)F)c2)CC1. The molecule has 2 rings (SSSR count). The van der Waals surface area contributed by atoms with Crippen LogP contribution in [0.25, 0.3) is 0 Å². The molecule has 0 aromatic heterocycles. The van der Waals surface area contributed by atoms with Crippen LogP contribution in [0, 0.1) is 0 Å². The highest BCUT2D eigenvalue weighted by molar-refractivity contribution is 5.49. The van der Waals surface area contributed by atoms with E-state index in [0.29, 0.717) is 5.69 Å². The molecule has 0 atom stereocenters. The first kappa shape index (κ1) is 17.1. The monoisotopic (exact) mass is 314 g/mol. The first-order valence-corrected chi connectivity index (χ1v) is 8.15. The van der Waals surface area contributed by atoms with E-state index >= 15 is 0 Å². The minimum absolute atomic E-state index is 0.563. The highest BCUT2D eigenvalue weighted by Crippen LogP contribution is 2.31. The van der Waals surface area contributed by atoms with Crippen molar-refractivity contribution >= 4 is 5.69 Å². The largest absolute Gasteiger partial charge is 0.416 e. The van der Waals surface area contributed by atoms with E-state index in [9.17, 15) is 13.2 Å². The lowest BCUT2D eigenvalue weighted by molar-refractivity contribution is -0.137. The van der Waals surface area contributed by atoms with Crippen LogP contribution in [0.1, 0.15) is 38.2 Å². The van der Waals surface area contributed by atoms with Gasteiger partial charge in [-0.25, -0.2) is 0 Å². The molecular formula is C17H25F3N2. The van der Waals surface area contributed by atoms with E-state index in [0.717, 1.165) is 38.8 Å². The van der Waals surface area contributed by atoms with Gasteiger partial charge in [-0.1, -0.05) is 32.3 Å². The van der Waals surface area contributed by atoms with Crippen LogP contribution in [0.2, 0.25) is 0 Å². The number of rotatable bonds is 6. The van der Waals surface area contributed by atoms with Crippen molar-refractivity contribution in [2.45, 2.75) is 38.8 Å². The van der Waals surface area contributed by atoms with Crippen molar-refractivity contribution in [1.82, 2.24) is 4.90 Å². The molecule has 0 bridgehead atoms. The number of hydrogen-bond donors (Lipinski definition) is 0. The molecule has 22 heavy (non-hydrogen) atoms. The third-order valence-electron chi connectivity index (χ3n) is 4.24. The van der Waals surface area contributed by atoms with E-state index in [1.54, 1.807) is 6.07 Å². The molecule has 124 valence electrons. The second-order valence-corrected chi connectivity index (χ2v) is 5.94. The fourth-order valence-corrected chi connectivity index (χ4v) is 2.87. The summed E-state index contributed by atoms with van der Waals surface area (Å²) in [4.78, 5) is 4.47. The molecule has 0 radical (unpaired) electrons. The lowest BCUT2D eigenvalue weighted by atomic mass is 10.1. The van der Waals surface area contributed by atoms with Crippen molar-refractivity contribution in [2.24, 2.45) is 0 Å². The van der Waals surface area contributed by atoms with Crippen LogP contribution in [0.5, 0.6) is 0 Å². The maximum Gasteiger partial charge on any atom is 0.416 e. The molecule has 0 N–H and O–H groups in total. The normalized spacial score (nSPS) is 17.0. The summed E-state index contributed by atoms with van der Waals surface area (Å²) in [6.07, 6.45) is 0.742. The fraction of sp³-hybridized carbons (Fsp3) is 0.647. The Bertz CT molecular complexity index is 451. The lowest BCUT2D eigenvalue weighted by Gasteiger charge is -2.36. The lowest BCUT2D eigenvalue weighted by Crippen LogP contribution is -2.46. The number of hydrogen-bond acceptors (Lipinski definition) is 2. The summed E-state index contributed by atoms with van der Waals surface area (Å²) in [5, 5.41) is 0. The summed E-state index contributed by atoms with van der Waals surface area (Å²) in [6.45, 7) is 6.78. The Balaban J connectivity index is 1.84. The standard InChI is InChI=1S/C17H25F3N2/c1-2-3-4-5-9-21-10-12-22(13-11-21)16-8-6-7-15(14-16)17(18,19)20/h6-8,14H,2-5,9-13H2,1H3. The second kappa shape index (κ2) is 7.86. The predicted octanol–water partition coefficient (Wildman–Crippen LogP) is 4.41. The maximum absolute atomic E-state index is 12.8. The quantitative estimate of drug-likeness (QED) is 0.718. The number of anilines is 1. The average molecular weight is 314 g/mol. The number of benzene rings is 1. The summed E-state index contributed by atoms with van der Waals surface area (Å²) in [5.74, 6) is 0. The number of unbranched alkanes of at least 4 members (excludes halogenated alkanes) is 3. The summed E-state index contributed by atoms with van der Waals surface area (Å²) in [7, 11) is 0. The van der Waals surface area contributed by atoms with Crippen LogP contribution in [0.3, 0.4) is 0 Å². The molecule has 1 aromatic rings. The van der Waals surface area contributed by atoms with Gasteiger partial charge in [0.15, 0.2) is 0 Å². The van der Waals surface area contributed by atoms with Gasteiger partial charge in [0.05, 0.1) is 5.56 Å². The van der Waals surface area contributed by atoms with Crippen LogP contribution in [-0.4, -0.2) is 37.6 Å². The Morgan fingerprint density at radius 3 is 2.36 bits per heavy atom. The predicted molar refractivity (Wildman–Crippen MR) is 84.2 cm³/mol. The maximum atomic E-state index is 12.8. The highest BCUT2D eigenvalue weighted by Gasteiger charge is 2.31. The first-order chi connectivity index (χ1) is 10.5. The fourth-order valence-electron chi connectivity index (χ4n) is 2.87. The van der Waals surface area contributed by atoms with Crippen molar-refractivity contribution in [3.8, 4) is 0 Å². The van der Waals surface area contributed by atoms with Crippen molar-refractivity contribution in [3.05, 3.63) is 29.8 Å². The van der Waals surface area contributed by atoms with Crippen LogP contribution in [-0.2, 0) is 6.18 Å². The number of nitrogens with zero attached hydrogens (tertiary/aromatic N) is 2. The summed E-state index contributed by atoms with van der Waals surface area (Å²) in [5.41, 5.74) is 0.118. The molecule has 1 heterocycles. The Hall–Kier alpha value is -1.23. The van der Waals surface area contributed by atoms with Crippen LogP contribution >= 0.6 is 0 Å². The topological polar surface area (TPSA) is 6.48 Å². The third kappa shape index (κ3) is 4.90. The first-order valence-electron chi connectivity index (χ1n) is 8.15. The summed E-state index contributed by atoms with van der Waals surface area (Å²) >= 11 is 0. The zero-order valence-corrected chi connectivity index (χ0v) is 13.2. The second-order valence-electron chi connectivity index (χ2n) is 5.94. The van der Waals surface area contributed by atoms with Gasteiger partial charge in [0.1, 0.15) is 0 Å². The van der Waals surface area contributed by atoms with Gasteiger partial charge >= 0.3 is 6.18 Å². The molecule has 1 aromatic carbocycles. The molecule has 0 aliphatic carbocycles. The molecule has 0 unspecified atom stereocenters. The van der Waals surface area contributed by atoms with E-state index < -0.39 is 11.7 Å². The molecule has 2 nitrogen and oxygen atoms in total. The van der Waals surface area contributed by atoms with Crippen molar-refractivity contribution in [2.75, 3.05) is 37.6 Å². The molecule has 0 spiro atoms. The van der Waals surface area contributed by atoms with Crippen molar-refractivity contribution < 1.29 is 13.2 Å². The van der Waals surface area contributed by atoms with E-state index in [2.05, 4.69) is 16.7 Å². The van der Waals surface area contributed by atoms with E-state index in [1.807, 2.05) is 0 Å². The van der Waals surface area contributed by atoms with Gasteiger partial charge in [-0.05, 0) is 31.2 Å². The Morgan fingerprint density at radius 2 is 1.73 bits per heavy atom. The van der Waals surface area contributed by atoms with Crippen molar-refractivity contribution in [3.63, 3.8) is 0 Å². The number of halogens is 3. The van der Waals surface area contributed by atoms with Crippen molar-refractivity contribution in [1.29, 1.82) is 0 Å². The van der Waals surface area contributed by atoms with E-state index in [1.165, 1.54) is 37.8 Å². The zero-order valence-electron chi connectivity index (χ0n) is 13.2. The van der Waals surface area contributed by atoms with E-state index in [-0.39, 0.29) is 0 Å². The van der Waals surface area contributed by atoms with Gasteiger partial charge in [0, 0.05) is 31.9 Å². The molecule has 0 amide bonds. The smallest absolute Gasteiger partial charge is 0.369 e. The molecule has 5 heteroatoms.